The summed E-state index contributed by atoms with van der Waals surface area (Å²) in [4.78, 5) is 23.9. The lowest BCUT2D eigenvalue weighted by atomic mass is 10.2. The monoisotopic (exact) mass is 351 g/mol. The number of nitrogens with zero attached hydrogens (tertiary/aromatic N) is 1. The molecule has 24 heavy (non-hydrogen) atoms. The quantitative estimate of drug-likeness (QED) is 0.510. The summed E-state index contributed by atoms with van der Waals surface area (Å²) in [6.07, 6.45) is 2.09. The van der Waals surface area contributed by atoms with E-state index < -0.39 is 20.9 Å². The SMILES string of the molecule is CCCCOc1c(N(CCC)S(=O)(=O)c2ccccc2)c(=O)c1=O. The summed E-state index contributed by atoms with van der Waals surface area (Å²) in [7, 11) is -3.92. The molecule has 2 aromatic carbocycles. The van der Waals surface area contributed by atoms with Crippen LogP contribution in [0.5, 0.6) is 5.75 Å². The largest absolute Gasteiger partial charge is 0.487 e. The van der Waals surface area contributed by atoms with Crippen LogP contribution in [0.25, 0.3) is 0 Å². The molecule has 0 aliphatic heterocycles. The van der Waals surface area contributed by atoms with Crippen molar-refractivity contribution < 1.29 is 13.2 Å². The Morgan fingerprint density at radius 3 is 2.25 bits per heavy atom. The zero-order valence-corrected chi connectivity index (χ0v) is 14.6. The molecular weight excluding hydrogens is 330 g/mol. The Labute approximate surface area is 141 Å². The van der Waals surface area contributed by atoms with Crippen molar-refractivity contribution in [2.45, 2.75) is 38.0 Å². The summed E-state index contributed by atoms with van der Waals surface area (Å²) in [5.41, 5.74) is -1.72. The maximum Gasteiger partial charge on any atom is 0.272 e. The van der Waals surface area contributed by atoms with Crippen molar-refractivity contribution in [2.24, 2.45) is 0 Å². The summed E-state index contributed by atoms with van der Waals surface area (Å²) in [5, 5.41) is 0. The molecule has 0 fully saturated rings. The molecule has 0 atom stereocenters. The van der Waals surface area contributed by atoms with Gasteiger partial charge in [0.15, 0.2) is 5.75 Å². The van der Waals surface area contributed by atoms with Gasteiger partial charge in [-0.1, -0.05) is 38.5 Å². The van der Waals surface area contributed by atoms with Crippen molar-refractivity contribution in [3.63, 3.8) is 0 Å². The van der Waals surface area contributed by atoms with Crippen LogP contribution in [0, 0.1) is 0 Å². The Balaban J connectivity index is 2.44. The average Bonchev–Trinajstić information content (AvgIpc) is 2.60. The number of ether oxygens (including phenoxy) is 1. The molecule has 7 heteroatoms. The van der Waals surface area contributed by atoms with Crippen molar-refractivity contribution in [1.82, 2.24) is 0 Å². The number of hydrogen-bond acceptors (Lipinski definition) is 5. The molecule has 0 aromatic heterocycles. The van der Waals surface area contributed by atoms with Crippen LogP contribution in [0.3, 0.4) is 0 Å². The van der Waals surface area contributed by atoms with Gasteiger partial charge in [-0.2, -0.15) is 0 Å². The van der Waals surface area contributed by atoms with Crippen LogP contribution in [0.2, 0.25) is 0 Å². The zero-order valence-electron chi connectivity index (χ0n) is 13.8. The second-order valence-corrected chi connectivity index (χ2v) is 7.29. The fourth-order valence-electron chi connectivity index (χ4n) is 2.31. The van der Waals surface area contributed by atoms with Crippen LogP contribution in [-0.2, 0) is 10.0 Å². The van der Waals surface area contributed by atoms with Gasteiger partial charge < -0.3 is 4.74 Å². The van der Waals surface area contributed by atoms with E-state index in [9.17, 15) is 18.0 Å². The molecule has 2 aromatic rings. The smallest absolute Gasteiger partial charge is 0.272 e. The molecule has 0 saturated carbocycles. The first kappa shape index (κ1) is 18.2. The van der Waals surface area contributed by atoms with Gasteiger partial charge in [0.25, 0.3) is 20.9 Å². The molecule has 2 rings (SSSR count). The van der Waals surface area contributed by atoms with Gasteiger partial charge >= 0.3 is 0 Å². The van der Waals surface area contributed by atoms with Crippen molar-refractivity contribution in [2.75, 3.05) is 17.5 Å². The number of unbranched alkanes of at least 4 members (excludes halogenated alkanes) is 1. The molecular formula is C17H21NO5S. The summed E-state index contributed by atoms with van der Waals surface area (Å²) in [6.45, 7) is 4.15. The highest BCUT2D eigenvalue weighted by Gasteiger charge is 2.34. The van der Waals surface area contributed by atoms with Crippen LogP contribution in [0.4, 0.5) is 5.69 Å². The van der Waals surface area contributed by atoms with E-state index in [0.29, 0.717) is 6.42 Å². The highest BCUT2D eigenvalue weighted by Crippen LogP contribution is 2.29. The minimum Gasteiger partial charge on any atom is -0.487 e. The van der Waals surface area contributed by atoms with Gasteiger partial charge in [-0.3, -0.25) is 13.9 Å². The Morgan fingerprint density at radius 2 is 1.67 bits per heavy atom. The topological polar surface area (TPSA) is 80.8 Å². The molecule has 130 valence electrons. The van der Waals surface area contributed by atoms with E-state index in [1.807, 2.05) is 6.92 Å². The van der Waals surface area contributed by atoms with E-state index in [0.717, 1.165) is 17.1 Å². The van der Waals surface area contributed by atoms with Crippen LogP contribution in [0.15, 0.2) is 44.8 Å². The first-order valence-electron chi connectivity index (χ1n) is 7.99. The third-order valence-electron chi connectivity index (χ3n) is 3.59. The van der Waals surface area contributed by atoms with E-state index in [1.54, 1.807) is 25.1 Å². The second-order valence-electron chi connectivity index (χ2n) is 5.43. The van der Waals surface area contributed by atoms with Crippen molar-refractivity contribution in [3.8, 4) is 5.75 Å². The third kappa shape index (κ3) is 3.36. The van der Waals surface area contributed by atoms with Crippen molar-refractivity contribution in [1.29, 1.82) is 0 Å². The van der Waals surface area contributed by atoms with Gasteiger partial charge in [-0.05, 0) is 25.0 Å². The fraction of sp³-hybridized carbons (Fsp3) is 0.412. The number of rotatable bonds is 9. The van der Waals surface area contributed by atoms with Crippen LogP contribution in [-0.4, -0.2) is 21.6 Å². The lowest BCUT2D eigenvalue weighted by molar-refractivity contribution is 0.304. The van der Waals surface area contributed by atoms with Crippen LogP contribution in [0.1, 0.15) is 33.1 Å². The predicted octanol–water partition coefficient (Wildman–Crippen LogP) is 2.07. The maximum atomic E-state index is 12.9. The first-order valence-corrected chi connectivity index (χ1v) is 9.43. The Hall–Kier alpha value is -2.15. The highest BCUT2D eigenvalue weighted by molar-refractivity contribution is 7.92. The molecule has 0 aliphatic carbocycles. The number of anilines is 1. The van der Waals surface area contributed by atoms with E-state index in [2.05, 4.69) is 0 Å². The highest BCUT2D eigenvalue weighted by atomic mass is 32.2. The number of sulfonamides is 1. The number of hydrogen-bond donors (Lipinski definition) is 0. The van der Waals surface area contributed by atoms with Crippen LogP contribution >= 0.6 is 0 Å². The molecule has 0 aliphatic rings. The molecule has 0 amide bonds. The Morgan fingerprint density at radius 1 is 1.00 bits per heavy atom. The summed E-state index contributed by atoms with van der Waals surface area (Å²) < 4.78 is 32.1. The maximum absolute atomic E-state index is 12.9. The van der Waals surface area contributed by atoms with Crippen molar-refractivity contribution in [3.05, 3.63) is 50.8 Å². The zero-order chi connectivity index (χ0) is 17.7. The molecule has 0 unspecified atom stereocenters. The molecule has 0 bridgehead atoms. The van der Waals surface area contributed by atoms with E-state index >= 15 is 0 Å². The van der Waals surface area contributed by atoms with Gasteiger partial charge in [0, 0.05) is 6.54 Å². The third-order valence-corrected chi connectivity index (χ3v) is 5.41. The standard InChI is InChI=1S/C17H21NO5S/c1-3-5-12-23-17-14(15(19)16(17)20)18(11-4-2)24(21,22)13-9-7-6-8-10-13/h6-10H,3-5,11-12H2,1-2H3. The molecule has 0 spiro atoms. The van der Waals surface area contributed by atoms with E-state index in [4.69, 9.17) is 4.74 Å². The second kappa shape index (κ2) is 7.61. The van der Waals surface area contributed by atoms with Gasteiger partial charge in [0.1, 0.15) is 5.69 Å². The predicted molar refractivity (Wildman–Crippen MR) is 93.0 cm³/mol. The summed E-state index contributed by atoms with van der Waals surface area (Å²) in [6, 6.07) is 7.84. The van der Waals surface area contributed by atoms with Gasteiger partial charge in [-0.25, -0.2) is 8.42 Å². The number of benzene rings is 1. The minimum absolute atomic E-state index is 0.0750. The molecule has 0 heterocycles. The Bertz CT molecular complexity index is 851. The normalized spacial score (nSPS) is 11.6. The van der Waals surface area contributed by atoms with Gasteiger partial charge in [0.2, 0.25) is 0 Å². The fourth-order valence-corrected chi connectivity index (χ4v) is 3.90. The Kier molecular flexibility index (Phi) is 5.77. The van der Waals surface area contributed by atoms with E-state index in [1.165, 1.54) is 12.1 Å². The minimum atomic E-state index is -3.92. The lowest BCUT2D eigenvalue weighted by Crippen LogP contribution is -2.44. The molecule has 0 N–H and O–H groups in total. The average molecular weight is 351 g/mol. The summed E-state index contributed by atoms with van der Waals surface area (Å²) in [5.74, 6) is -0.138. The summed E-state index contributed by atoms with van der Waals surface area (Å²) >= 11 is 0. The molecule has 0 radical (unpaired) electrons. The molecule has 0 saturated heterocycles. The van der Waals surface area contributed by atoms with E-state index in [-0.39, 0.29) is 29.5 Å². The molecule has 6 nitrogen and oxygen atoms in total. The van der Waals surface area contributed by atoms with Gasteiger partial charge in [0.05, 0.1) is 11.5 Å². The lowest BCUT2D eigenvalue weighted by Gasteiger charge is -2.26. The first-order chi connectivity index (χ1) is 11.4. The van der Waals surface area contributed by atoms with Crippen molar-refractivity contribution >= 4 is 15.7 Å². The van der Waals surface area contributed by atoms with Gasteiger partial charge in [-0.15, -0.1) is 0 Å². The van der Waals surface area contributed by atoms with Crippen LogP contribution < -0.4 is 19.9 Å².